The summed E-state index contributed by atoms with van der Waals surface area (Å²) in [5.41, 5.74) is 1.51. The van der Waals surface area contributed by atoms with Crippen LogP contribution in [0, 0.1) is 11.2 Å². The molecule has 3 aliphatic rings. The van der Waals surface area contributed by atoms with E-state index >= 15 is 0 Å². The maximum atomic E-state index is 13.4. The monoisotopic (exact) mass is 384 g/mol. The standard InChI is InChI=1S/C21H25FN4O2/c1-13(19(27)26-9-7-21(5-6-21)8-10-26)23-20-25-24-18(28-20)17-12-16(17)14-3-2-4-15(22)11-14/h2-4,11,13,16-17H,5-10,12H2,1H3,(H,23,25)/t13-,16?,17+/m0/s1. The highest BCUT2D eigenvalue weighted by Gasteiger charge is 2.46. The van der Waals surface area contributed by atoms with Gasteiger partial charge in [-0.3, -0.25) is 4.79 Å². The van der Waals surface area contributed by atoms with Crippen LogP contribution in [0.2, 0.25) is 0 Å². The zero-order valence-electron chi connectivity index (χ0n) is 16.0. The lowest BCUT2D eigenvalue weighted by molar-refractivity contribution is -0.133. The summed E-state index contributed by atoms with van der Waals surface area (Å²) in [7, 11) is 0. The van der Waals surface area contributed by atoms with Crippen LogP contribution < -0.4 is 5.32 Å². The second kappa shape index (κ2) is 6.57. The Labute approximate surface area is 163 Å². The molecule has 7 heteroatoms. The second-order valence-electron chi connectivity index (χ2n) is 8.64. The third-order valence-electron chi connectivity index (χ3n) is 6.63. The van der Waals surface area contributed by atoms with Crippen LogP contribution in [0.15, 0.2) is 28.7 Å². The molecule has 3 atom stereocenters. The maximum Gasteiger partial charge on any atom is 0.316 e. The molecule has 1 aromatic carbocycles. The minimum Gasteiger partial charge on any atom is -0.408 e. The van der Waals surface area contributed by atoms with Gasteiger partial charge in [0.2, 0.25) is 11.8 Å². The number of hydrogen-bond acceptors (Lipinski definition) is 5. The Bertz CT molecular complexity index is 884. The quantitative estimate of drug-likeness (QED) is 0.851. The molecular formula is C21H25FN4O2. The van der Waals surface area contributed by atoms with Crippen LogP contribution in [0.3, 0.4) is 0 Å². The van der Waals surface area contributed by atoms with Crippen molar-refractivity contribution < 1.29 is 13.6 Å². The molecule has 28 heavy (non-hydrogen) atoms. The molecule has 3 fully saturated rings. The Morgan fingerprint density at radius 3 is 2.75 bits per heavy atom. The molecule has 2 saturated carbocycles. The summed E-state index contributed by atoms with van der Waals surface area (Å²) in [5.74, 6) is 0.733. The van der Waals surface area contributed by atoms with E-state index in [4.69, 9.17) is 4.42 Å². The first kappa shape index (κ1) is 17.6. The summed E-state index contributed by atoms with van der Waals surface area (Å²) in [6.07, 6.45) is 5.77. The third-order valence-corrected chi connectivity index (χ3v) is 6.63. The van der Waals surface area contributed by atoms with E-state index < -0.39 is 6.04 Å². The molecule has 1 saturated heterocycles. The molecule has 2 heterocycles. The fourth-order valence-electron chi connectivity index (χ4n) is 4.42. The van der Waals surface area contributed by atoms with E-state index in [1.807, 2.05) is 17.9 Å². The Morgan fingerprint density at radius 2 is 2.04 bits per heavy atom. The van der Waals surface area contributed by atoms with Gasteiger partial charge in [-0.05, 0) is 68.1 Å². The number of halogens is 1. The highest BCUT2D eigenvalue weighted by molar-refractivity contribution is 5.83. The van der Waals surface area contributed by atoms with E-state index in [0.29, 0.717) is 11.3 Å². The predicted octanol–water partition coefficient (Wildman–Crippen LogP) is 3.68. The maximum absolute atomic E-state index is 13.4. The summed E-state index contributed by atoms with van der Waals surface area (Å²) in [6.45, 7) is 3.52. The number of carbonyl (C=O) groups is 1. The second-order valence-corrected chi connectivity index (χ2v) is 8.64. The van der Waals surface area contributed by atoms with E-state index in [1.54, 1.807) is 12.1 Å². The number of anilines is 1. The average Bonchev–Trinajstić information content (AvgIpc) is 3.61. The number of rotatable bonds is 5. The lowest BCUT2D eigenvalue weighted by atomic mass is 9.93. The molecule has 1 spiro atoms. The summed E-state index contributed by atoms with van der Waals surface area (Å²) in [6, 6.07) is 6.52. The number of amides is 1. The molecule has 1 aliphatic heterocycles. The highest BCUT2D eigenvalue weighted by Crippen LogP contribution is 2.54. The molecule has 148 valence electrons. The number of benzene rings is 1. The van der Waals surface area contributed by atoms with Gasteiger partial charge in [-0.2, -0.15) is 0 Å². The smallest absolute Gasteiger partial charge is 0.316 e. The van der Waals surface area contributed by atoms with E-state index in [2.05, 4.69) is 15.5 Å². The number of piperidine rings is 1. The lowest BCUT2D eigenvalue weighted by Crippen LogP contribution is -2.45. The van der Waals surface area contributed by atoms with Crippen molar-refractivity contribution in [1.82, 2.24) is 15.1 Å². The van der Waals surface area contributed by atoms with Gasteiger partial charge in [-0.1, -0.05) is 17.2 Å². The molecule has 6 nitrogen and oxygen atoms in total. The molecule has 0 bridgehead atoms. The van der Waals surface area contributed by atoms with Gasteiger partial charge in [0.25, 0.3) is 0 Å². The Kier molecular flexibility index (Phi) is 4.14. The summed E-state index contributed by atoms with van der Waals surface area (Å²) in [5, 5.41) is 11.2. The SMILES string of the molecule is C[C@H](Nc1nnc([C@@H]2CC2c2cccc(F)c2)o1)C(=O)N1CCC2(CC1)CC2. The van der Waals surface area contributed by atoms with Crippen molar-refractivity contribution in [3.05, 3.63) is 41.5 Å². The van der Waals surface area contributed by atoms with E-state index in [1.165, 1.54) is 18.9 Å². The van der Waals surface area contributed by atoms with Gasteiger partial charge in [0.15, 0.2) is 0 Å². The first-order chi connectivity index (χ1) is 13.5. The molecule has 1 amide bonds. The van der Waals surface area contributed by atoms with E-state index in [0.717, 1.165) is 37.9 Å². The van der Waals surface area contributed by atoms with Gasteiger partial charge >= 0.3 is 6.01 Å². The van der Waals surface area contributed by atoms with Gasteiger partial charge in [0.1, 0.15) is 11.9 Å². The van der Waals surface area contributed by atoms with E-state index in [-0.39, 0.29) is 29.6 Å². The average molecular weight is 384 g/mol. The largest absolute Gasteiger partial charge is 0.408 e. The topological polar surface area (TPSA) is 71.3 Å². The Hall–Kier alpha value is -2.44. The molecule has 1 unspecified atom stereocenters. The minimum atomic E-state index is -0.403. The molecular weight excluding hydrogens is 359 g/mol. The van der Waals surface area contributed by atoms with Crippen molar-refractivity contribution in [1.29, 1.82) is 0 Å². The molecule has 1 aromatic heterocycles. The zero-order valence-corrected chi connectivity index (χ0v) is 16.0. The number of aromatic nitrogens is 2. The fraction of sp³-hybridized carbons (Fsp3) is 0.571. The Balaban J connectivity index is 1.17. The van der Waals surface area contributed by atoms with Gasteiger partial charge < -0.3 is 14.6 Å². The van der Waals surface area contributed by atoms with Crippen molar-refractivity contribution in [3.63, 3.8) is 0 Å². The van der Waals surface area contributed by atoms with Crippen LogP contribution >= 0.6 is 0 Å². The van der Waals surface area contributed by atoms with Crippen LogP contribution in [0.1, 0.15) is 62.3 Å². The number of nitrogens with zero attached hydrogens (tertiary/aromatic N) is 3. The molecule has 1 N–H and O–H groups in total. The van der Waals surface area contributed by atoms with Crippen molar-refractivity contribution in [2.24, 2.45) is 5.41 Å². The van der Waals surface area contributed by atoms with Crippen LogP contribution in [-0.4, -0.2) is 40.1 Å². The summed E-state index contributed by atoms with van der Waals surface area (Å²) < 4.78 is 19.2. The van der Waals surface area contributed by atoms with Crippen molar-refractivity contribution in [3.8, 4) is 0 Å². The summed E-state index contributed by atoms with van der Waals surface area (Å²) >= 11 is 0. The third kappa shape index (κ3) is 3.38. The highest BCUT2D eigenvalue weighted by atomic mass is 19.1. The number of hydrogen-bond donors (Lipinski definition) is 1. The van der Waals surface area contributed by atoms with Gasteiger partial charge in [0, 0.05) is 19.0 Å². The van der Waals surface area contributed by atoms with Gasteiger partial charge in [-0.25, -0.2) is 4.39 Å². The number of likely N-dealkylation sites (tertiary alicyclic amines) is 1. The van der Waals surface area contributed by atoms with Gasteiger partial charge in [-0.15, -0.1) is 5.10 Å². The van der Waals surface area contributed by atoms with Crippen molar-refractivity contribution >= 4 is 11.9 Å². The first-order valence-corrected chi connectivity index (χ1v) is 10.2. The molecule has 2 aliphatic carbocycles. The lowest BCUT2D eigenvalue weighted by Gasteiger charge is -2.33. The van der Waals surface area contributed by atoms with Crippen molar-refractivity contribution in [2.75, 3.05) is 18.4 Å². The number of carbonyl (C=O) groups excluding carboxylic acids is 1. The number of nitrogens with one attached hydrogen (secondary N) is 1. The molecule has 2 aromatic rings. The first-order valence-electron chi connectivity index (χ1n) is 10.2. The van der Waals surface area contributed by atoms with Crippen molar-refractivity contribution in [2.45, 2.75) is 56.9 Å². The van der Waals surface area contributed by atoms with Crippen LogP contribution in [0.5, 0.6) is 0 Å². The van der Waals surface area contributed by atoms with Gasteiger partial charge in [0.05, 0.1) is 0 Å². The normalized spacial score (nSPS) is 26.1. The van der Waals surface area contributed by atoms with Crippen LogP contribution in [0.25, 0.3) is 0 Å². The minimum absolute atomic E-state index is 0.0827. The van der Waals surface area contributed by atoms with E-state index in [9.17, 15) is 9.18 Å². The zero-order chi connectivity index (χ0) is 19.3. The van der Waals surface area contributed by atoms with Crippen LogP contribution in [0.4, 0.5) is 10.4 Å². The molecule has 0 radical (unpaired) electrons. The fourth-order valence-corrected chi connectivity index (χ4v) is 4.42. The Morgan fingerprint density at radius 1 is 1.25 bits per heavy atom. The predicted molar refractivity (Wildman–Crippen MR) is 101 cm³/mol. The van der Waals surface area contributed by atoms with Crippen LogP contribution in [-0.2, 0) is 4.79 Å². The summed E-state index contributed by atoms with van der Waals surface area (Å²) in [4.78, 5) is 14.6. The molecule has 5 rings (SSSR count).